The average molecular weight is 476 g/mol. The van der Waals surface area contributed by atoms with Crippen molar-refractivity contribution in [3.8, 4) is 11.3 Å². The smallest absolute Gasteiger partial charge is 0.248 e. The van der Waals surface area contributed by atoms with E-state index in [9.17, 15) is 9.59 Å². The summed E-state index contributed by atoms with van der Waals surface area (Å²) in [4.78, 5) is 26.9. The van der Waals surface area contributed by atoms with Gasteiger partial charge in [0.25, 0.3) is 0 Å². The van der Waals surface area contributed by atoms with Gasteiger partial charge in [0, 0.05) is 47.8 Å². The van der Waals surface area contributed by atoms with Crippen LogP contribution in [0, 0.1) is 0 Å². The molecule has 2 amide bonds. The van der Waals surface area contributed by atoms with Crippen LogP contribution in [0.4, 0.5) is 5.69 Å². The molecular weight excluding hydrogens is 442 g/mol. The summed E-state index contributed by atoms with van der Waals surface area (Å²) in [5, 5.41) is 9.26. The van der Waals surface area contributed by atoms with E-state index in [0.717, 1.165) is 73.0 Å². The molecular formula is C27H33N5O3. The van der Waals surface area contributed by atoms with Gasteiger partial charge in [-0.15, -0.1) is 0 Å². The van der Waals surface area contributed by atoms with Crippen molar-refractivity contribution < 1.29 is 14.3 Å². The number of nitrogens with one attached hydrogen (secondary N) is 1. The number of carbonyl (C=O) groups is 2. The summed E-state index contributed by atoms with van der Waals surface area (Å²) >= 11 is 0. The first-order valence-corrected chi connectivity index (χ1v) is 12.6. The van der Waals surface area contributed by atoms with E-state index in [1.54, 1.807) is 6.07 Å². The van der Waals surface area contributed by atoms with Gasteiger partial charge in [-0.1, -0.05) is 19.1 Å². The fourth-order valence-electron chi connectivity index (χ4n) is 5.23. The molecule has 2 fully saturated rings. The van der Waals surface area contributed by atoms with Gasteiger partial charge in [0.2, 0.25) is 11.8 Å². The molecule has 2 aliphatic heterocycles. The fourth-order valence-corrected chi connectivity index (χ4v) is 5.23. The molecule has 184 valence electrons. The Labute approximate surface area is 205 Å². The van der Waals surface area contributed by atoms with Crippen molar-refractivity contribution in [1.82, 2.24) is 15.1 Å². The Morgan fingerprint density at radius 1 is 1.17 bits per heavy atom. The summed E-state index contributed by atoms with van der Waals surface area (Å²) in [5.41, 5.74) is 9.45. The third kappa shape index (κ3) is 4.68. The first-order chi connectivity index (χ1) is 17.1. The molecule has 8 nitrogen and oxygen atoms in total. The number of amides is 2. The van der Waals surface area contributed by atoms with Crippen LogP contribution in [0.25, 0.3) is 22.2 Å². The van der Waals surface area contributed by atoms with E-state index >= 15 is 0 Å². The molecule has 0 bridgehead atoms. The molecule has 2 aliphatic rings. The number of hydrogen-bond acceptors (Lipinski definition) is 5. The molecule has 2 unspecified atom stereocenters. The highest BCUT2D eigenvalue weighted by molar-refractivity contribution is 6.02. The lowest BCUT2D eigenvalue weighted by Crippen LogP contribution is -2.48. The van der Waals surface area contributed by atoms with Gasteiger partial charge in [-0.3, -0.25) is 9.59 Å². The first-order valence-electron chi connectivity index (χ1n) is 12.6. The number of benzene rings is 2. The maximum atomic E-state index is 13.0. The summed E-state index contributed by atoms with van der Waals surface area (Å²) in [5.74, 6) is -0.365. The first kappa shape index (κ1) is 23.5. The Morgan fingerprint density at radius 3 is 2.77 bits per heavy atom. The van der Waals surface area contributed by atoms with Crippen molar-refractivity contribution in [1.29, 1.82) is 0 Å². The lowest BCUT2D eigenvalue weighted by molar-refractivity contribution is -0.118. The van der Waals surface area contributed by atoms with Gasteiger partial charge in [-0.25, -0.2) is 4.68 Å². The summed E-state index contributed by atoms with van der Waals surface area (Å²) < 4.78 is 7.97. The molecule has 0 aliphatic carbocycles. The third-order valence-corrected chi connectivity index (χ3v) is 7.02. The minimum atomic E-state index is -0.474. The van der Waals surface area contributed by atoms with Gasteiger partial charge in [0.15, 0.2) is 6.23 Å². The molecule has 2 saturated heterocycles. The van der Waals surface area contributed by atoms with E-state index in [1.807, 2.05) is 52.9 Å². The summed E-state index contributed by atoms with van der Waals surface area (Å²) in [7, 11) is 0. The summed E-state index contributed by atoms with van der Waals surface area (Å²) in [6.45, 7) is 4.38. The van der Waals surface area contributed by atoms with Gasteiger partial charge in [0.1, 0.15) is 5.69 Å². The second kappa shape index (κ2) is 10.2. The van der Waals surface area contributed by atoms with Crippen LogP contribution in [0.15, 0.2) is 42.5 Å². The van der Waals surface area contributed by atoms with Crippen molar-refractivity contribution in [2.24, 2.45) is 5.73 Å². The Balaban J connectivity index is 1.61. The number of hydrogen-bond donors (Lipinski definition) is 2. The van der Waals surface area contributed by atoms with E-state index in [-0.39, 0.29) is 18.2 Å². The fraction of sp³-hybridized carbons (Fsp3) is 0.444. The molecule has 0 spiro atoms. The number of primary amides is 1. The van der Waals surface area contributed by atoms with Crippen LogP contribution < -0.4 is 16.0 Å². The normalized spacial score (nSPS) is 20.6. The minimum absolute atomic E-state index is 0.109. The van der Waals surface area contributed by atoms with Gasteiger partial charge in [0.05, 0.1) is 5.52 Å². The average Bonchev–Trinajstić information content (AvgIpc) is 3.29. The van der Waals surface area contributed by atoms with Crippen molar-refractivity contribution in [3.63, 3.8) is 0 Å². The van der Waals surface area contributed by atoms with Gasteiger partial charge < -0.3 is 20.7 Å². The van der Waals surface area contributed by atoms with Crippen molar-refractivity contribution in [2.45, 2.75) is 57.7 Å². The summed E-state index contributed by atoms with van der Waals surface area (Å²) in [6.07, 6.45) is 5.34. The monoisotopic (exact) mass is 475 g/mol. The number of piperidine rings is 1. The van der Waals surface area contributed by atoms with Gasteiger partial charge >= 0.3 is 0 Å². The second-order valence-corrected chi connectivity index (χ2v) is 9.38. The van der Waals surface area contributed by atoms with Gasteiger partial charge in [-0.05, 0) is 69.0 Å². The molecule has 3 N–H and O–H groups in total. The Hall–Kier alpha value is -3.23. The number of fused-ring (bicyclic) bond motifs is 1. The Morgan fingerprint density at radius 2 is 2.06 bits per heavy atom. The maximum Gasteiger partial charge on any atom is 0.248 e. The molecule has 0 saturated carbocycles. The number of nitrogens with zero attached hydrogens (tertiary/aromatic N) is 3. The minimum Gasteiger partial charge on any atom is -0.366 e. The number of carbonyl (C=O) groups excluding carboxylic acids is 2. The molecule has 0 radical (unpaired) electrons. The third-order valence-electron chi connectivity index (χ3n) is 7.02. The van der Waals surface area contributed by atoms with Crippen molar-refractivity contribution in [2.75, 3.05) is 24.6 Å². The van der Waals surface area contributed by atoms with E-state index in [4.69, 9.17) is 15.6 Å². The molecule has 3 heterocycles. The van der Waals surface area contributed by atoms with E-state index in [2.05, 4.69) is 5.32 Å². The highest BCUT2D eigenvalue weighted by atomic mass is 16.5. The zero-order chi connectivity index (χ0) is 24.4. The number of anilines is 1. The predicted octanol–water partition coefficient (Wildman–Crippen LogP) is 4.00. The topological polar surface area (TPSA) is 102 Å². The van der Waals surface area contributed by atoms with E-state index < -0.39 is 5.91 Å². The Bertz CT molecular complexity index is 1220. The van der Waals surface area contributed by atoms with Crippen LogP contribution in [0.1, 0.15) is 62.0 Å². The quantitative estimate of drug-likeness (QED) is 0.561. The predicted molar refractivity (Wildman–Crippen MR) is 136 cm³/mol. The van der Waals surface area contributed by atoms with Crippen LogP contribution >= 0.6 is 0 Å². The summed E-state index contributed by atoms with van der Waals surface area (Å²) in [6, 6.07) is 13.6. The van der Waals surface area contributed by atoms with Crippen LogP contribution in [-0.4, -0.2) is 47.3 Å². The molecule has 3 aromatic rings. The maximum absolute atomic E-state index is 13.0. The molecule has 35 heavy (non-hydrogen) atoms. The lowest BCUT2D eigenvalue weighted by Gasteiger charge is -2.35. The van der Waals surface area contributed by atoms with Crippen molar-refractivity contribution in [3.05, 3.63) is 48.0 Å². The zero-order valence-corrected chi connectivity index (χ0v) is 20.2. The van der Waals surface area contributed by atoms with Crippen LogP contribution in [0.5, 0.6) is 0 Å². The molecule has 2 aromatic carbocycles. The van der Waals surface area contributed by atoms with Crippen molar-refractivity contribution >= 4 is 28.4 Å². The van der Waals surface area contributed by atoms with Crippen LogP contribution in [0.3, 0.4) is 0 Å². The number of nitrogens with two attached hydrogens (primary N) is 1. The highest BCUT2D eigenvalue weighted by Crippen LogP contribution is 2.35. The number of ether oxygens (including phenoxy) is 1. The van der Waals surface area contributed by atoms with Gasteiger partial charge in [-0.2, -0.15) is 5.10 Å². The standard InChI is InChI=1S/C27H33N5O3/c1-2-24(33)31(21-9-6-13-29-17-21)20-8-5-7-18(15-20)26-22-16-19(27(28)34)11-12-23(22)32(30-26)25-10-3-4-14-35-25/h5,7-8,11-12,15-16,21,25,29H,2-4,6,9-10,13-14,17H2,1H3,(H2,28,34). The molecule has 2 atom stereocenters. The van der Waals surface area contributed by atoms with E-state index in [1.165, 1.54) is 0 Å². The zero-order valence-electron chi connectivity index (χ0n) is 20.2. The lowest BCUT2D eigenvalue weighted by atomic mass is 10.0. The Kier molecular flexibility index (Phi) is 6.83. The SMILES string of the molecule is CCC(=O)N(c1cccc(-c2nn(C3CCCCO3)c3ccc(C(N)=O)cc23)c1)C1CCCNC1. The molecule has 1 aromatic heterocycles. The highest BCUT2D eigenvalue weighted by Gasteiger charge is 2.27. The van der Waals surface area contributed by atoms with Crippen LogP contribution in [-0.2, 0) is 9.53 Å². The number of rotatable bonds is 6. The molecule has 8 heteroatoms. The molecule has 5 rings (SSSR count). The second-order valence-electron chi connectivity index (χ2n) is 9.38. The van der Waals surface area contributed by atoms with E-state index in [0.29, 0.717) is 18.6 Å². The largest absolute Gasteiger partial charge is 0.366 e. The number of aromatic nitrogens is 2. The van der Waals surface area contributed by atoms with Crippen LogP contribution in [0.2, 0.25) is 0 Å².